The summed E-state index contributed by atoms with van der Waals surface area (Å²) in [7, 11) is 0. The van der Waals surface area contributed by atoms with Crippen molar-refractivity contribution < 1.29 is 18.4 Å². The molecule has 140 valence electrons. The zero-order valence-corrected chi connectivity index (χ0v) is 15.2. The summed E-state index contributed by atoms with van der Waals surface area (Å²) in [6.45, 7) is 3.07. The van der Waals surface area contributed by atoms with Crippen molar-refractivity contribution in [1.29, 1.82) is 0 Å². The van der Waals surface area contributed by atoms with Crippen molar-refractivity contribution in [2.45, 2.75) is 20.0 Å². The summed E-state index contributed by atoms with van der Waals surface area (Å²) in [5.74, 6) is 0.269. The van der Waals surface area contributed by atoms with Crippen molar-refractivity contribution in [2.75, 3.05) is 0 Å². The number of ketones is 1. The van der Waals surface area contributed by atoms with Crippen LogP contribution in [0.5, 0.6) is 5.75 Å². The van der Waals surface area contributed by atoms with Gasteiger partial charge in [-0.1, -0.05) is 18.2 Å². The lowest BCUT2D eigenvalue weighted by Crippen LogP contribution is -2.20. The SMILES string of the molecule is CC(=O)C(C)Oc1ccc2c(-c3cc4ccccc4oc3=O)cc(=O)oc2c1. The maximum atomic E-state index is 12.5. The Morgan fingerprint density at radius 2 is 1.71 bits per heavy atom. The zero-order valence-electron chi connectivity index (χ0n) is 15.2. The Bertz CT molecular complexity index is 1330. The largest absolute Gasteiger partial charge is 0.483 e. The second-order valence-electron chi connectivity index (χ2n) is 6.49. The number of rotatable bonds is 4. The molecular weight excluding hydrogens is 360 g/mol. The van der Waals surface area contributed by atoms with Crippen molar-refractivity contribution in [3.63, 3.8) is 0 Å². The molecule has 0 aliphatic rings. The van der Waals surface area contributed by atoms with Crippen LogP contribution >= 0.6 is 0 Å². The summed E-state index contributed by atoms with van der Waals surface area (Å²) in [6, 6.07) is 15.0. The van der Waals surface area contributed by atoms with Crippen LogP contribution in [0.3, 0.4) is 0 Å². The van der Waals surface area contributed by atoms with Gasteiger partial charge in [0.1, 0.15) is 16.9 Å². The molecule has 2 aromatic carbocycles. The molecule has 0 radical (unpaired) electrons. The highest BCUT2D eigenvalue weighted by Crippen LogP contribution is 2.30. The van der Waals surface area contributed by atoms with Gasteiger partial charge in [-0.3, -0.25) is 4.79 Å². The Balaban J connectivity index is 1.90. The number of hydrogen-bond acceptors (Lipinski definition) is 6. The van der Waals surface area contributed by atoms with Gasteiger partial charge in [0.05, 0.1) is 5.56 Å². The van der Waals surface area contributed by atoms with Crippen LogP contribution in [0.4, 0.5) is 0 Å². The van der Waals surface area contributed by atoms with Crippen molar-refractivity contribution in [1.82, 2.24) is 0 Å². The molecule has 1 unspecified atom stereocenters. The van der Waals surface area contributed by atoms with Crippen LogP contribution in [0.15, 0.2) is 73.0 Å². The first-order valence-corrected chi connectivity index (χ1v) is 8.70. The third-order valence-electron chi connectivity index (χ3n) is 4.53. The van der Waals surface area contributed by atoms with Gasteiger partial charge in [0.15, 0.2) is 11.9 Å². The Morgan fingerprint density at radius 1 is 0.929 bits per heavy atom. The Hall–Kier alpha value is -3.67. The minimum atomic E-state index is -0.625. The number of para-hydroxylation sites is 1. The lowest BCUT2D eigenvalue weighted by molar-refractivity contribution is -0.122. The monoisotopic (exact) mass is 376 g/mol. The standard InChI is InChI=1S/C22H16O6/c1-12(23)13(2)26-15-7-8-16-17(11-21(24)27-20(16)10-15)18-9-14-5-3-4-6-19(14)28-22(18)25/h3-11,13H,1-2H3. The molecule has 0 amide bonds. The molecule has 2 aromatic heterocycles. The number of carbonyl (C=O) groups excluding carboxylic acids is 1. The van der Waals surface area contributed by atoms with Crippen molar-refractivity contribution in [2.24, 2.45) is 0 Å². The van der Waals surface area contributed by atoms with E-state index in [-0.39, 0.29) is 16.9 Å². The lowest BCUT2D eigenvalue weighted by atomic mass is 10.0. The molecule has 0 fully saturated rings. The molecule has 0 aliphatic heterocycles. The minimum Gasteiger partial charge on any atom is -0.483 e. The van der Waals surface area contributed by atoms with E-state index < -0.39 is 17.4 Å². The van der Waals surface area contributed by atoms with Gasteiger partial charge in [-0.15, -0.1) is 0 Å². The molecule has 4 rings (SSSR count). The first kappa shape index (κ1) is 17.7. The van der Waals surface area contributed by atoms with Crippen LogP contribution < -0.4 is 16.0 Å². The number of hydrogen-bond donors (Lipinski definition) is 0. The first-order valence-electron chi connectivity index (χ1n) is 8.70. The van der Waals surface area contributed by atoms with Crippen molar-refractivity contribution >= 4 is 27.7 Å². The third-order valence-corrected chi connectivity index (χ3v) is 4.53. The van der Waals surface area contributed by atoms with Crippen LogP contribution in [-0.4, -0.2) is 11.9 Å². The van der Waals surface area contributed by atoms with Crippen LogP contribution in [0.2, 0.25) is 0 Å². The molecule has 0 aliphatic carbocycles. The normalized spacial score (nSPS) is 12.2. The van der Waals surface area contributed by atoms with Crippen LogP contribution in [0.25, 0.3) is 33.1 Å². The molecule has 1 atom stereocenters. The second kappa shape index (κ2) is 6.81. The van der Waals surface area contributed by atoms with Gasteiger partial charge in [-0.25, -0.2) is 9.59 Å². The minimum absolute atomic E-state index is 0.121. The summed E-state index contributed by atoms with van der Waals surface area (Å²) >= 11 is 0. The summed E-state index contributed by atoms with van der Waals surface area (Å²) < 4.78 is 16.2. The van der Waals surface area contributed by atoms with Crippen molar-refractivity contribution in [3.05, 3.63) is 75.4 Å². The molecule has 0 saturated heterocycles. The molecule has 4 aromatic rings. The zero-order chi connectivity index (χ0) is 19.8. The summed E-state index contributed by atoms with van der Waals surface area (Å²) in [4.78, 5) is 36.0. The van der Waals surface area contributed by atoms with Crippen molar-refractivity contribution in [3.8, 4) is 16.9 Å². The molecular formula is C22H16O6. The van der Waals surface area contributed by atoms with E-state index in [1.54, 1.807) is 37.3 Å². The number of ether oxygens (including phenoxy) is 1. The fraction of sp³-hybridized carbons (Fsp3) is 0.136. The highest BCUT2D eigenvalue weighted by molar-refractivity contribution is 5.95. The maximum Gasteiger partial charge on any atom is 0.344 e. The molecule has 0 spiro atoms. The fourth-order valence-corrected chi connectivity index (χ4v) is 2.98. The number of benzene rings is 2. The van der Waals surface area contributed by atoms with Gasteiger partial charge in [0.2, 0.25) is 0 Å². The van der Waals surface area contributed by atoms with E-state index in [0.29, 0.717) is 22.3 Å². The Morgan fingerprint density at radius 3 is 2.50 bits per heavy atom. The molecule has 0 N–H and O–H groups in total. The van der Waals surface area contributed by atoms with Gasteiger partial charge in [-0.2, -0.15) is 0 Å². The molecule has 0 bridgehead atoms. The molecule has 2 heterocycles. The number of fused-ring (bicyclic) bond motifs is 2. The molecule has 0 saturated carbocycles. The highest BCUT2D eigenvalue weighted by atomic mass is 16.5. The fourth-order valence-electron chi connectivity index (χ4n) is 2.98. The first-order chi connectivity index (χ1) is 13.4. The predicted molar refractivity (Wildman–Crippen MR) is 105 cm³/mol. The predicted octanol–water partition coefficient (Wildman–Crippen LogP) is 3.92. The smallest absolute Gasteiger partial charge is 0.344 e. The number of Topliss-reactive ketones (excluding diaryl/α,β-unsaturated/α-hetero) is 1. The van der Waals surface area contributed by atoms with Gasteiger partial charge in [0.25, 0.3) is 0 Å². The second-order valence-corrected chi connectivity index (χ2v) is 6.49. The Labute approximate surface area is 159 Å². The average molecular weight is 376 g/mol. The van der Waals surface area contributed by atoms with Gasteiger partial charge >= 0.3 is 11.3 Å². The lowest BCUT2D eigenvalue weighted by Gasteiger charge is -2.12. The Kier molecular flexibility index (Phi) is 4.31. The van der Waals surface area contributed by atoms with E-state index in [2.05, 4.69) is 0 Å². The molecule has 28 heavy (non-hydrogen) atoms. The summed E-state index contributed by atoms with van der Waals surface area (Å²) in [5, 5.41) is 1.30. The summed E-state index contributed by atoms with van der Waals surface area (Å²) in [5.41, 5.74) is 0.253. The molecule has 6 heteroatoms. The van der Waals surface area contributed by atoms with Gasteiger partial charge in [-0.05, 0) is 38.1 Å². The summed E-state index contributed by atoms with van der Waals surface area (Å²) in [6.07, 6.45) is -0.625. The van der Waals surface area contributed by atoms with E-state index >= 15 is 0 Å². The van der Waals surface area contributed by atoms with Crippen LogP contribution in [0.1, 0.15) is 13.8 Å². The average Bonchev–Trinajstić information content (AvgIpc) is 2.66. The van der Waals surface area contributed by atoms with E-state index in [1.165, 1.54) is 19.1 Å². The quantitative estimate of drug-likeness (QED) is 0.502. The topological polar surface area (TPSA) is 86.7 Å². The molecule has 6 nitrogen and oxygen atoms in total. The van der Waals surface area contributed by atoms with Gasteiger partial charge in [0, 0.05) is 28.5 Å². The van der Waals surface area contributed by atoms with E-state index in [4.69, 9.17) is 13.6 Å². The number of carbonyl (C=O) groups is 1. The van der Waals surface area contributed by atoms with E-state index in [1.807, 2.05) is 12.1 Å². The van der Waals surface area contributed by atoms with E-state index in [0.717, 1.165) is 5.39 Å². The van der Waals surface area contributed by atoms with Crippen LogP contribution in [0, 0.1) is 0 Å². The highest BCUT2D eigenvalue weighted by Gasteiger charge is 2.15. The van der Waals surface area contributed by atoms with Gasteiger partial charge < -0.3 is 13.6 Å². The third kappa shape index (κ3) is 3.20. The van der Waals surface area contributed by atoms with E-state index in [9.17, 15) is 14.4 Å². The van der Waals surface area contributed by atoms with Crippen LogP contribution in [-0.2, 0) is 4.79 Å². The maximum absolute atomic E-state index is 12.5.